The van der Waals surface area contributed by atoms with E-state index >= 15 is 0 Å². The summed E-state index contributed by atoms with van der Waals surface area (Å²) in [6, 6.07) is 8.41. The molecule has 0 aliphatic carbocycles. The third kappa shape index (κ3) is 6.27. The minimum Gasteiger partial charge on any atom is -0.382 e. The Labute approximate surface area is 148 Å². The molecular formula is C18H43NO2Si2. The molecule has 3 nitrogen and oxygen atoms in total. The molecule has 0 saturated carbocycles. The number of hydrogen-bond donors (Lipinski definition) is 0. The molecule has 0 atom stereocenters. The Bertz CT molecular complexity index is 246. The van der Waals surface area contributed by atoms with Crippen LogP contribution in [0, 0.1) is 0 Å². The topological polar surface area (TPSA) is 21.7 Å². The summed E-state index contributed by atoms with van der Waals surface area (Å²) in [5, 5.41) is 0. The second-order valence-corrected chi connectivity index (χ2v) is 17.3. The summed E-state index contributed by atoms with van der Waals surface area (Å²) < 4.78 is 13.9. The minimum atomic E-state index is -1.31. The number of nitrogens with zero attached hydrogens (tertiary/aromatic N) is 1. The quantitative estimate of drug-likeness (QED) is 0.290. The summed E-state index contributed by atoms with van der Waals surface area (Å²) in [6.07, 6.45) is 1.17. The van der Waals surface area contributed by atoms with Crippen molar-refractivity contribution in [1.29, 1.82) is 0 Å². The van der Waals surface area contributed by atoms with Crippen molar-refractivity contribution in [3.05, 3.63) is 0 Å². The van der Waals surface area contributed by atoms with Crippen molar-refractivity contribution in [2.45, 2.75) is 84.2 Å². The van der Waals surface area contributed by atoms with Crippen LogP contribution in [0.15, 0.2) is 0 Å². The second kappa shape index (κ2) is 12.6. The van der Waals surface area contributed by atoms with Crippen molar-refractivity contribution in [2.24, 2.45) is 0 Å². The molecule has 0 aliphatic rings. The zero-order chi connectivity index (χ0) is 17.8. The van der Waals surface area contributed by atoms with Crippen molar-refractivity contribution < 1.29 is 9.47 Å². The molecule has 0 bridgehead atoms. The summed E-state index contributed by atoms with van der Waals surface area (Å²) in [7, 11) is -0.877. The lowest BCUT2D eigenvalue weighted by atomic mass is 10.5. The van der Waals surface area contributed by atoms with Crippen LogP contribution in [0.1, 0.15) is 48.0 Å². The Kier molecular flexibility index (Phi) is 12.8. The average Bonchev–Trinajstić information content (AvgIpc) is 2.61. The van der Waals surface area contributed by atoms with E-state index < -0.39 is 16.5 Å². The summed E-state index contributed by atoms with van der Waals surface area (Å²) in [5.41, 5.74) is 0. The molecule has 0 rings (SSSR count). The van der Waals surface area contributed by atoms with E-state index in [1.807, 2.05) is 0 Å². The standard InChI is InChI=1S/C18H43NO2Si2/c1-8-22(9-2,10-3)19(23(11-4,12-5)13-6)15-14-16-21-18-17-20-7/h8-18H2,1-7H3. The van der Waals surface area contributed by atoms with E-state index in [2.05, 4.69) is 45.8 Å². The van der Waals surface area contributed by atoms with Gasteiger partial charge in [0.05, 0.1) is 13.2 Å². The van der Waals surface area contributed by atoms with Crippen LogP contribution >= 0.6 is 0 Å². The van der Waals surface area contributed by atoms with Crippen LogP contribution in [0.3, 0.4) is 0 Å². The number of rotatable bonds is 15. The first-order valence-corrected chi connectivity index (χ1v) is 15.0. The van der Waals surface area contributed by atoms with Crippen molar-refractivity contribution in [1.82, 2.24) is 4.23 Å². The van der Waals surface area contributed by atoms with Gasteiger partial charge in [0, 0.05) is 13.7 Å². The Morgan fingerprint density at radius 2 is 1.09 bits per heavy atom. The van der Waals surface area contributed by atoms with Gasteiger partial charge in [-0.25, -0.2) is 0 Å². The summed E-state index contributed by atoms with van der Waals surface area (Å²) in [5.74, 6) is 0. The molecule has 0 aromatic heterocycles. The Morgan fingerprint density at radius 1 is 0.652 bits per heavy atom. The van der Waals surface area contributed by atoms with Crippen LogP contribution in [0.4, 0.5) is 0 Å². The second-order valence-electron chi connectivity index (χ2n) is 6.68. The van der Waals surface area contributed by atoms with Gasteiger partial charge in [-0.2, -0.15) is 0 Å². The third-order valence-electron chi connectivity index (χ3n) is 6.20. The fraction of sp³-hybridized carbons (Fsp3) is 1.00. The molecule has 0 radical (unpaired) electrons. The van der Waals surface area contributed by atoms with Gasteiger partial charge in [-0.1, -0.05) is 41.5 Å². The molecular weight excluding hydrogens is 318 g/mol. The average molecular weight is 362 g/mol. The van der Waals surface area contributed by atoms with Crippen LogP contribution in [-0.2, 0) is 9.47 Å². The first-order chi connectivity index (χ1) is 11.1. The van der Waals surface area contributed by atoms with Gasteiger partial charge in [0.25, 0.3) is 0 Å². The largest absolute Gasteiger partial charge is 0.382 e. The lowest BCUT2D eigenvalue weighted by molar-refractivity contribution is 0.0686. The molecule has 5 heteroatoms. The molecule has 0 spiro atoms. The molecule has 0 heterocycles. The predicted molar refractivity (Wildman–Crippen MR) is 108 cm³/mol. The zero-order valence-electron chi connectivity index (χ0n) is 17.0. The van der Waals surface area contributed by atoms with Crippen LogP contribution in [0.5, 0.6) is 0 Å². The van der Waals surface area contributed by atoms with E-state index in [1.54, 1.807) is 7.11 Å². The fourth-order valence-electron chi connectivity index (χ4n) is 4.19. The van der Waals surface area contributed by atoms with Crippen LogP contribution < -0.4 is 0 Å². The highest BCUT2D eigenvalue weighted by Gasteiger charge is 2.45. The van der Waals surface area contributed by atoms with Crippen LogP contribution in [-0.4, -0.2) is 54.2 Å². The first kappa shape index (κ1) is 23.3. The first-order valence-electron chi connectivity index (χ1n) is 9.90. The van der Waals surface area contributed by atoms with E-state index in [9.17, 15) is 0 Å². The van der Waals surface area contributed by atoms with Gasteiger partial charge < -0.3 is 13.7 Å². The monoisotopic (exact) mass is 361 g/mol. The maximum atomic E-state index is 5.73. The van der Waals surface area contributed by atoms with Crippen LogP contribution in [0.25, 0.3) is 0 Å². The molecule has 0 aliphatic heterocycles. The van der Waals surface area contributed by atoms with Crippen LogP contribution in [0.2, 0.25) is 36.3 Å². The van der Waals surface area contributed by atoms with Crippen molar-refractivity contribution in [3.63, 3.8) is 0 Å². The fourth-order valence-corrected chi connectivity index (χ4v) is 17.6. The lowest BCUT2D eigenvalue weighted by Gasteiger charge is -2.52. The summed E-state index contributed by atoms with van der Waals surface area (Å²) in [6.45, 7) is 18.2. The van der Waals surface area contributed by atoms with E-state index in [0.29, 0.717) is 6.61 Å². The highest BCUT2D eigenvalue weighted by molar-refractivity contribution is 6.92. The highest BCUT2D eigenvalue weighted by Crippen LogP contribution is 2.35. The van der Waals surface area contributed by atoms with Gasteiger partial charge in [0.15, 0.2) is 0 Å². The van der Waals surface area contributed by atoms with Gasteiger partial charge in [-0.05, 0) is 49.2 Å². The van der Waals surface area contributed by atoms with Gasteiger partial charge in [0.1, 0.15) is 16.5 Å². The molecule has 0 aromatic rings. The van der Waals surface area contributed by atoms with E-state index in [0.717, 1.165) is 13.2 Å². The molecule has 140 valence electrons. The SMILES string of the molecule is CC[Si](CC)(CC)N(CCCOCCOC)[Si](CC)(CC)CC. The molecule has 23 heavy (non-hydrogen) atoms. The number of hydrogen-bond acceptors (Lipinski definition) is 3. The maximum absolute atomic E-state index is 5.73. The van der Waals surface area contributed by atoms with Crippen molar-refractivity contribution >= 4 is 16.5 Å². The highest BCUT2D eigenvalue weighted by atomic mass is 28.4. The van der Waals surface area contributed by atoms with Crippen molar-refractivity contribution in [2.75, 3.05) is 33.5 Å². The Morgan fingerprint density at radius 3 is 1.43 bits per heavy atom. The lowest BCUT2D eigenvalue weighted by Crippen LogP contribution is -2.66. The third-order valence-corrected chi connectivity index (χ3v) is 19.7. The molecule has 0 unspecified atom stereocenters. The maximum Gasteiger partial charge on any atom is 0.120 e. The molecule has 0 amide bonds. The summed E-state index contributed by atoms with van der Waals surface area (Å²) >= 11 is 0. The van der Waals surface area contributed by atoms with E-state index in [1.165, 1.54) is 49.2 Å². The molecule has 0 N–H and O–H groups in total. The van der Waals surface area contributed by atoms with Gasteiger partial charge in [-0.15, -0.1) is 0 Å². The van der Waals surface area contributed by atoms with Gasteiger partial charge in [-0.3, -0.25) is 0 Å². The van der Waals surface area contributed by atoms with Gasteiger partial charge in [0.2, 0.25) is 0 Å². The van der Waals surface area contributed by atoms with E-state index in [-0.39, 0.29) is 0 Å². The zero-order valence-corrected chi connectivity index (χ0v) is 19.0. The van der Waals surface area contributed by atoms with E-state index in [4.69, 9.17) is 9.47 Å². The predicted octanol–water partition coefficient (Wildman–Crippen LogP) is 5.35. The Balaban J connectivity index is 5.07. The van der Waals surface area contributed by atoms with Crippen molar-refractivity contribution in [3.8, 4) is 0 Å². The molecule has 0 saturated heterocycles. The number of methoxy groups -OCH3 is 1. The smallest absolute Gasteiger partial charge is 0.120 e. The molecule has 0 aromatic carbocycles. The summed E-state index contributed by atoms with van der Waals surface area (Å²) in [4.78, 5) is 0. The van der Waals surface area contributed by atoms with Gasteiger partial charge >= 0.3 is 0 Å². The number of ether oxygens (including phenoxy) is 2. The normalized spacial score (nSPS) is 13.0. The minimum absolute atomic E-state index is 0.707. The Hall–Kier alpha value is 0.314. The molecule has 0 fully saturated rings.